The van der Waals surface area contributed by atoms with E-state index in [0.29, 0.717) is 37.4 Å². The zero-order valence-electron chi connectivity index (χ0n) is 16.5. The number of likely N-dealkylation sites (tertiary alicyclic amines) is 1. The number of β-amino-alcohol motifs (C(OH)–C–C–N with tert-alkyl or cyclic N) is 1. The number of methoxy groups -OCH3 is 1. The molecule has 0 radical (unpaired) electrons. The molecule has 1 aromatic rings. The van der Waals surface area contributed by atoms with Crippen molar-refractivity contribution < 1.29 is 18.3 Å². The number of sulfone groups is 1. The molecule has 3 aliphatic rings. The maximum atomic E-state index is 11.6. The highest BCUT2D eigenvalue weighted by Gasteiger charge is 2.40. The summed E-state index contributed by atoms with van der Waals surface area (Å²) in [6.45, 7) is 2.39. The summed E-state index contributed by atoms with van der Waals surface area (Å²) in [4.78, 5) is 13.3. The second-order valence-electron chi connectivity index (χ2n) is 8.44. The molecule has 0 amide bonds. The predicted octanol–water partition coefficient (Wildman–Crippen LogP) is 0.858. The third kappa shape index (κ3) is 4.58. The minimum Gasteiger partial charge on any atom is -0.481 e. The standard InChI is InChI=1S/C19H30N4O4S/c1-27-18-12-17(20-14-21-18)23(15-2-3-15)16-4-8-22(9-5-16)13-19(24)6-10-28(25,26)11-7-19/h12,14-16,24H,2-11,13H2,1H3. The molecule has 2 saturated heterocycles. The Balaban J connectivity index is 1.36. The van der Waals surface area contributed by atoms with E-state index in [-0.39, 0.29) is 11.5 Å². The first kappa shape index (κ1) is 19.8. The van der Waals surface area contributed by atoms with Crippen molar-refractivity contribution in [2.45, 2.75) is 56.2 Å². The molecular weight excluding hydrogens is 380 g/mol. The van der Waals surface area contributed by atoms with E-state index in [1.54, 1.807) is 13.4 Å². The lowest BCUT2D eigenvalue weighted by molar-refractivity contribution is -0.0105. The van der Waals surface area contributed by atoms with Crippen LogP contribution in [0.25, 0.3) is 0 Å². The second kappa shape index (κ2) is 7.76. The Morgan fingerprint density at radius 1 is 1.18 bits per heavy atom. The number of piperidine rings is 1. The van der Waals surface area contributed by atoms with E-state index < -0.39 is 15.4 Å². The Morgan fingerprint density at radius 3 is 2.43 bits per heavy atom. The number of rotatable bonds is 6. The minimum absolute atomic E-state index is 0.102. The zero-order valence-corrected chi connectivity index (χ0v) is 17.3. The molecule has 3 heterocycles. The van der Waals surface area contributed by atoms with Gasteiger partial charge in [-0.05, 0) is 38.5 Å². The smallest absolute Gasteiger partial charge is 0.218 e. The minimum atomic E-state index is -2.96. The molecule has 1 N–H and O–H groups in total. The second-order valence-corrected chi connectivity index (χ2v) is 10.7. The number of aliphatic hydroxyl groups is 1. The average molecular weight is 411 g/mol. The largest absolute Gasteiger partial charge is 0.481 e. The van der Waals surface area contributed by atoms with Gasteiger partial charge >= 0.3 is 0 Å². The molecule has 1 aliphatic carbocycles. The van der Waals surface area contributed by atoms with Crippen LogP contribution in [-0.4, -0.2) is 84.3 Å². The first-order valence-corrected chi connectivity index (χ1v) is 12.0. The summed E-state index contributed by atoms with van der Waals surface area (Å²) in [5.41, 5.74) is -0.867. The molecule has 0 spiro atoms. The van der Waals surface area contributed by atoms with Gasteiger partial charge < -0.3 is 19.6 Å². The van der Waals surface area contributed by atoms with Crippen molar-refractivity contribution in [1.82, 2.24) is 14.9 Å². The number of hydrogen-bond acceptors (Lipinski definition) is 8. The quantitative estimate of drug-likeness (QED) is 0.738. The van der Waals surface area contributed by atoms with Crippen LogP contribution in [0.15, 0.2) is 12.4 Å². The van der Waals surface area contributed by atoms with Crippen molar-refractivity contribution in [1.29, 1.82) is 0 Å². The Bertz CT molecular complexity index is 777. The van der Waals surface area contributed by atoms with Gasteiger partial charge in [0, 0.05) is 37.8 Å². The van der Waals surface area contributed by atoms with Gasteiger partial charge in [0.2, 0.25) is 5.88 Å². The molecule has 0 atom stereocenters. The fourth-order valence-corrected chi connectivity index (χ4v) is 6.04. The molecule has 9 heteroatoms. The molecule has 3 fully saturated rings. The first-order valence-electron chi connectivity index (χ1n) is 10.2. The van der Waals surface area contributed by atoms with E-state index >= 15 is 0 Å². The van der Waals surface area contributed by atoms with Gasteiger partial charge in [-0.25, -0.2) is 18.4 Å². The van der Waals surface area contributed by atoms with Crippen LogP contribution >= 0.6 is 0 Å². The van der Waals surface area contributed by atoms with Crippen molar-refractivity contribution in [2.24, 2.45) is 0 Å². The van der Waals surface area contributed by atoms with Crippen LogP contribution in [0.1, 0.15) is 38.5 Å². The van der Waals surface area contributed by atoms with Gasteiger partial charge in [-0.2, -0.15) is 0 Å². The Labute approximate surface area is 166 Å². The topological polar surface area (TPSA) is 95.9 Å². The molecule has 28 heavy (non-hydrogen) atoms. The summed E-state index contributed by atoms with van der Waals surface area (Å²) in [5, 5.41) is 10.8. The fraction of sp³-hybridized carbons (Fsp3) is 0.789. The summed E-state index contributed by atoms with van der Waals surface area (Å²) < 4.78 is 28.6. The Morgan fingerprint density at radius 2 is 1.82 bits per heavy atom. The third-order valence-electron chi connectivity index (χ3n) is 6.27. The Hall–Kier alpha value is -1.45. The zero-order chi connectivity index (χ0) is 19.8. The predicted molar refractivity (Wildman–Crippen MR) is 106 cm³/mol. The lowest BCUT2D eigenvalue weighted by atomic mass is 9.94. The number of nitrogens with zero attached hydrogens (tertiary/aromatic N) is 4. The van der Waals surface area contributed by atoms with E-state index in [4.69, 9.17) is 4.74 Å². The van der Waals surface area contributed by atoms with Crippen LogP contribution < -0.4 is 9.64 Å². The summed E-state index contributed by atoms with van der Waals surface area (Å²) in [7, 11) is -1.34. The highest BCUT2D eigenvalue weighted by molar-refractivity contribution is 7.91. The molecule has 8 nitrogen and oxygen atoms in total. The third-order valence-corrected chi connectivity index (χ3v) is 7.92. The van der Waals surface area contributed by atoms with Gasteiger partial charge in [0.25, 0.3) is 0 Å². The van der Waals surface area contributed by atoms with Crippen molar-refractivity contribution >= 4 is 15.7 Å². The van der Waals surface area contributed by atoms with Crippen LogP contribution in [0.4, 0.5) is 5.82 Å². The SMILES string of the molecule is COc1cc(N(C2CC2)C2CCN(CC3(O)CCS(=O)(=O)CC3)CC2)ncn1. The van der Waals surface area contributed by atoms with E-state index in [1.807, 2.05) is 6.07 Å². The molecule has 0 bridgehead atoms. The van der Waals surface area contributed by atoms with Gasteiger partial charge in [-0.1, -0.05) is 0 Å². The maximum absolute atomic E-state index is 11.6. The summed E-state index contributed by atoms with van der Waals surface area (Å²) in [6.07, 6.45) is 6.68. The summed E-state index contributed by atoms with van der Waals surface area (Å²) in [5.74, 6) is 1.72. The molecule has 156 valence electrons. The molecule has 1 saturated carbocycles. The normalized spacial score (nSPS) is 25.4. The van der Waals surface area contributed by atoms with Crippen molar-refractivity contribution in [3.63, 3.8) is 0 Å². The number of ether oxygens (including phenoxy) is 1. The fourth-order valence-electron chi connectivity index (χ4n) is 4.46. The van der Waals surface area contributed by atoms with Gasteiger partial charge in [0.05, 0.1) is 24.2 Å². The van der Waals surface area contributed by atoms with Crippen molar-refractivity contribution in [3.05, 3.63) is 12.4 Å². The number of hydrogen-bond donors (Lipinski definition) is 1. The highest BCUT2D eigenvalue weighted by atomic mass is 32.2. The molecule has 0 unspecified atom stereocenters. The molecule has 1 aromatic heterocycles. The van der Waals surface area contributed by atoms with Gasteiger partial charge in [-0.15, -0.1) is 0 Å². The summed E-state index contributed by atoms with van der Waals surface area (Å²) >= 11 is 0. The lowest BCUT2D eigenvalue weighted by Crippen LogP contribution is -2.52. The van der Waals surface area contributed by atoms with E-state index in [2.05, 4.69) is 19.8 Å². The van der Waals surface area contributed by atoms with Gasteiger partial charge in [-0.3, -0.25) is 0 Å². The van der Waals surface area contributed by atoms with Crippen LogP contribution in [0, 0.1) is 0 Å². The van der Waals surface area contributed by atoms with E-state index in [1.165, 1.54) is 12.8 Å². The summed E-state index contributed by atoms with van der Waals surface area (Å²) in [6, 6.07) is 2.88. The highest BCUT2D eigenvalue weighted by Crippen LogP contribution is 2.36. The molecule has 2 aliphatic heterocycles. The van der Waals surface area contributed by atoms with Crippen LogP contribution in [0.5, 0.6) is 5.88 Å². The number of anilines is 1. The molecular formula is C19H30N4O4S. The number of aromatic nitrogens is 2. The molecule has 0 aromatic carbocycles. The van der Waals surface area contributed by atoms with Crippen LogP contribution in [-0.2, 0) is 9.84 Å². The average Bonchev–Trinajstić information content (AvgIpc) is 3.52. The van der Waals surface area contributed by atoms with E-state index in [9.17, 15) is 13.5 Å². The van der Waals surface area contributed by atoms with Crippen molar-refractivity contribution in [2.75, 3.05) is 43.1 Å². The van der Waals surface area contributed by atoms with Gasteiger partial charge in [0.15, 0.2) is 9.84 Å². The molecule has 4 rings (SSSR count). The van der Waals surface area contributed by atoms with Gasteiger partial charge in [0.1, 0.15) is 12.1 Å². The van der Waals surface area contributed by atoms with Crippen LogP contribution in [0.3, 0.4) is 0 Å². The maximum Gasteiger partial charge on any atom is 0.218 e. The van der Waals surface area contributed by atoms with E-state index in [0.717, 1.165) is 31.7 Å². The first-order chi connectivity index (χ1) is 13.4. The Kier molecular flexibility index (Phi) is 5.50. The van der Waals surface area contributed by atoms with Crippen LogP contribution in [0.2, 0.25) is 0 Å². The van der Waals surface area contributed by atoms with Crippen molar-refractivity contribution in [3.8, 4) is 5.88 Å². The lowest BCUT2D eigenvalue weighted by Gasteiger charge is -2.42. The monoisotopic (exact) mass is 410 g/mol.